The summed E-state index contributed by atoms with van der Waals surface area (Å²) in [5, 5.41) is 12.0. The first kappa shape index (κ1) is 12.5. The molecule has 0 aliphatic carbocycles. The van der Waals surface area contributed by atoms with Gasteiger partial charge in [0.2, 0.25) is 0 Å². The molecule has 1 aromatic rings. The average molecular weight is 276 g/mol. The van der Waals surface area contributed by atoms with Crippen molar-refractivity contribution in [3.63, 3.8) is 0 Å². The van der Waals surface area contributed by atoms with E-state index in [0.717, 1.165) is 11.3 Å². The Balaban J connectivity index is 2.73. The van der Waals surface area contributed by atoms with Gasteiger partial charge in [-0.2, -0.15) is 0 Å². The zero-order valence-electron chi connectivity index (χ0n) is 8.85. The van der Waals surface area contributed by atoms with Crippen molar-refractivity contribution in [3.05, 3.63) is 28.0 Å². The van der Waals surface area contributed by atoms with Crippen LogP contribution in [-0.2, 0) is 0 Å². The molecule has 1 rings (SSSR count). The first-order valence-electron chi connectivity index (χ1n) is 4.85. The van der Waals surface area contributed by atoms with Gasteiger partial charge in [-0.05, 0) is 46.5 Å². The van der Waals surface area contributed by atoms with Gasteiger partial charge in [-0.1, -0.05) is 6.92 Å². The number of rotatable bonds is 4. The third-order valence-electron chi connectivity index (χ3n) is 2.22. The van der Waals surface area contributed by atoms with Crippen LogP contribution in [0.4, 0.5) is 10.1 Å². The van der Waals surface area contributed by atoms with Gasteiger partial charge >= 0.3 is 0 Å². The van der Waals surface area contributed by atoms with Crippen molar-refractivity contribution < 1.29 is 9.50 Å². The van der Waals surface area contributed by atoms with Crippen molar-refractivity contribution in [2.45, 2.75) is 13.8 Å². The smallest absolute Gasteiger partial charge is 0.137 e. The van der Waals surface area contributed by atoms with Crippen molar-refractivity contribution >= 4 is 21.6 Å². The molecule has 0 saturated heterocycles. The van der Waals surface area contributed by atoms with E-state index in [9.17, 15) is 4.39 Å². The Bertz CT molecular complexity index is 344. The van der Waals surface area contributed by atoms with E-state index in [0.29, 0.717) is 11.0 Å². The molecule has 1 aromatic carbocycles. The van der Waals surface area contributed by atoms with Crippen LogP contribution in [-0.4, -0.2) is 18.3 Å². The van der Waals surface area contributed by atoms with Gasteiger partial charge in [-0.15, -0.1) is 0 Å². The Hall–Kier alpha value is -0.610. The molecule has 2 N–H and O–H groups in total. The summed E-state index contributed by atoms with van der Waals surface area (Å²) in [7, 11) is 0. The molecule has 15 heavy (non-hydrogen) atoms. The maximum absolute atomic E-state index is 13.1. The summed E-state index contributed by atoms with van der Waals surface area (Å²) in [6.45, 7) is 4.62. The molecule has 0 fully saturated rings. The molecule has 0 spiro atoms. The number of halogens is 2. The van der Waals surface area contributed by atoms with Crippen LogP contribution < -0.4 is 5.32 Å². The molecule has 0 saturated carbocycles. The highest BCUT2D eigenvalue weighted by atomic mass is 79.9. The van der Waals surface area contributed by atoms with E-state index in [4.69, 9.17) is 5.11 Å². The van der Waals surface area contributed by atoms with Gasteiger partial charge in [-0.25, -0.2) is 4.39 Å². The van der Waals surface area contributed by atoms with Crippen molar-refractivity contribution in [1.29, 1.82) is 0 Å². The van der Waals surface area contributed by atoms with E-state index in [1.165, 1.54) is 6.07 Å². The van der Waals surface area contributed by atoms with Crippen LogP contribution in [0.3, 0.4) is 0 Å². The Labute approximate surface area is 97.6 Å². The van der Waals surface area contributed by atoms with Crippen molar-refractivity contribution in [2.75, 3.05) is 18.5 Å². The summed E-state index contributed by atoms with van der Waals surface area (Å²) in [5.41, 5.74) is 1.75. The molecule has 0 bridgehead atoms. The Morgan fingerprint density at radius 3 is 2.80 bits per heavy atom. The van der Waals surface area contributed by atoms with E-state index in [-0.39, 0.29) is 18.3 Å². The van der Waals surface area contributed by atoms with Gasteiger partial charge in [0.25, 0.3) is 0 Å². The van der Waals surface area contributed by atoms with Crippen LogP contribution in [0.25, 0.3) is 0 Å². The summed E-state index contributed by atoms with van der Waals surface area (Å²) in [6.07, 6.45) is 0. The van der Waals surface area contributed by atoms with Gasteiger partial charge in [-0.3, -0.25) is 0 Å². The van der Waals surface area contributed by atoms with E-state index < -0.39 is 0 Å². The Morgan fingerprint density at radius 1 is 1.53 bits per heavy atom. The van der Waals surface area contributed by atoms with Crippen LogP contribution in [0, 0.1) is 18.7 Å². The second-order valence-corrected chi connectivity index (χ2v) is 4.60. The molecule has 1 unspecified atom stereocenters. The van der Waals surface area contributed by atoms with Crippen LogP contribution >= 0.6 is 15.9 Å². The monoisotopic (exact) mass is 275 g/mol. The van der Waals surface area contributed by atoms with E-state index >= 15 is 0 Å². The number of aliphatic hydroxyl groups is 1. The number of nitrogens with one attached hydrogen (secondary N) is 1. The predicted octanol–water partition coefficient (Wildman–Crippen LogP) is 2.94. The minimum absolute atomic E-state index is 0.147. The molecule has 0 aliphatic heterocycles. The number of anilines is 1. The first-order chi connectivity index (χ1) is 7.04. The van der Waals surface area contributed by atoms with Crippen molar-refractivity contribution in [1.82, 2.24) is 0 Å². The molecule has 0 aliphatic rings. The molecule has 0 heterocycles. The van der Waals surface area contributed by atoms with Gasteiger partial charge in [0.15, 0.2) is 0 Å². The first-order valence-corrected chi connectivity index (χ1v) is 5.64. The lowest BCUT2D eigenvalue weighted by molar-refractivity contribution is 0.244. The van der Waals surface area contributed by atoms with Gasteiger partial charge < -0.3 is 10.4 Å². The predicted molar refractivity (Wildman–Crippen MR) is 63.6 cm³/mol. The maximum Gasteiger partial charge on any atom is 0.137 e. The van der Waals surface area contributed by atoms with Crippen LogP contribution in [0.2, 0.25) is 0 Å². The average Bonchev–Trinajstić information content (AvgIpc) is 2.21. The molecule has 84 valence electrons. The second-order valence-electron chi connectivity index (χ2n) is 3.75. The number of aryl methyl sites for hydroxylation is 1. The fourth-order valence-electron chi connectivity index (χ4n) is 1.19. The number of hydrogen-bond donors (Lipinski definition) is 2. The molecular formula is C11H15BrFNO. The third kappa shape index (κ3) is 3.47. The van der Waals surface area contributed by atoms with Crippen LogP contribution in [0.5, 0.6) is 0 Å². The van der Waals surface area contributed by atoms with Crippen LogP contribution in [0.15, 0.2) is 16.6 Å². The van der Waals surface area contributed by atoms with Crippen molar-refractivity contribution in [3.8, 4) is 0 Å². The fourth-order valence-corrected chi connectivity index (χ4v) is 1.53. The molecule has 0 aromatic heterocycles. The van der Waals surface area contributed by atoms with Crippen LogP contribution in [0.1, 0.15) is 12.5 Å². The summed E-state index contributed by atoms with van der Waals surface area (Å²) < 4.78 is 13.6. The lowest BCUT2D eigenvalue weighted by atomic mass is 10.1. The number of aliphatic hydroxyl groups excluding tert-OH is 1. The SMILES string of the molecule is Cc1cc(F)c(Br)cc1NCC(C)CO. The lowest BCUT2D eigenvalue weighted by Crippen LogP contribution is -2.15. The second kappa shape index (κ2) is 5.47. The molecular weight excluding hydrogens is 261 g/mol. The minimum Gasteiger partial charge on any atom is -0.396 e. The molecule has 0 radical (unpaired) electrons. The Kier molecular flexibility index (Phi) is 4.54. The fraction of sp³-hybridized carbons (Fsp3) is 0.455. The highest BCUT2D eigenvalue weighted by Crippen LogP contribution is 2.24. The zero-order valence-corrected chi connectivity index (χ0v) is 10.4. The largest absolute Gasteiger partial charge is 0.396 e. The summed E-state index contributed by atoms with van der Waals surface area (Å²) in [6, 6.07) is 3.20. The summed E-state index contributed by atoms with van der Waals surface area (Å²) in [5.74, 6) is -0.0681. The zero-order chi connectivity index (χ0) is 11.4. The molecule has 2 nitrogen and oxygen atoms in total. The van der Waals surface area contributed by atoms with E-state index in [2.05, 4.69) is 21.2 Å². The van der Waals surface area contributed by atoms with Crippen molar-refractivity contribution in [2.24, 2.45) is 5.92 Å². The normalized spacial score (nSPS) is 12.6. The van der Waals surface area contributed by atoms with Gasteiger partial charge in [0.05, 0.1) is 4.47 Å². The molecule has 1 atom stereocenters. The van der Waals surface area contributed by atoms with Gasteiger partial charge in [0, 0.05) is 18.8 Å². The van der Waals surface area contributed by atoms with Gasteiger partial charge in [0.1, 0.15) is 5.82 Å². The highest BCUT2D eigenvalue weighted by Gasteiger charge is 2.06. The molecule has 4 heteroatoms. The molecule has 0 amide bonds. The van der Waals surface area contributed by atoms with E-state index in [1.807, 2.05) is 13.8 Å². The lowest BCUT2D eigenvalue weighted by Gasteiger charge is -2.13. The quantitative estimate of drug-likeness (QED) is 0.886. The summed E-state index contributed by atoms with van der Waals surface area (Å²) in [4.78, 5) is 0. The number of benzene rings is 1. The third-order valence-corrected chi connectivity index (χ3v) is 2.83. The summed E-state index contributed by atoms with van der Waals surface area (Å²) >= 11 is 3.14. The highest BCUT2D eigenvalue weighted by molar-refractivity contribution is 9.10. The topological polar surface area (TPSA) is 32.3 Å². The standard InChI is InChI=1S/C11H15BrFNO/c1-7(6-15)5-14-11-4-9(12)10(13)3-8(11)2/h3-4,7,14-15H,5-6H2,1-2H3. The maximum atomic E-state index is 13.1. The van der Waals surface area contributed by atoms with E-state index in [1.54, 1.807) is 6.07 Å². The number of hydrogen-bond acceptors (Lipinski definition) is 2. The minimum atomic E-state index is -0.256. The Morgan fingerprint density at radius 2 is 2.20 bits per heavy atom.